The molecule has 0 bridgehead atoms. The Morgan fingerprint density at radius 3 is 2.63 bits per heavy atom. The SMILES string of the molecule is Cc1ccc(C(C)C)c(OCCn2c(CN3CCOCC3)nc3ccccc32)c1.Cl. The molecule has 0 atom stereocenters. The number of ether oxygens (including phenoxy) is 2. The molecule has 2 heterocycles. The van der Waals surface area contributed by atoms with Crippen molar-refractivity contribution in [2.75, 3.05) is 32.9 Å². The Hall–Kier alpha value is -2.08. The molecule has 1 aliphatic rings. The van der Waals surface area contributed by atoms with E-state index in [1.54, 1.807) is 0 Å². The number of hydrogen-bond acceptors (Lipinski definition) is 4. The van der Waals surface area contributed by atoms with Crippen molar-refractivity contribution >= 4 is 23.4 Å². The summed E-state index contributed by atoms with van der Waals surface area (Å²) in [4.78, 5) is 7.33. The van der Waals surface area contributed by atoms with Crippen LogP contribution in [0, 0.1) is 6.92 Å². The molecular weight excluding hydrogens is 398 g/mol. The zero-order valence-electron chi connectivity index (χ0n) is 18.1. The van der Waals surface area contributed by atoms with Crippen LogP contribution in [0.5, 0.6) is 5.75 Å². The predicted octanol–water partition coefficient (Wildman–Crippen LogP) is 4.80. The molecule has 5 nitrogen and oxygen atoms in total. The van der Waals surface area contributed by atoms with Crippen molar-refractivity contribution in [1.29, 1.82) is 0 Å². The van der Waals surface area contributed by atoms with Gasteiger partial charge in [-0.05, 0) is 42.2 Å². The predicted molar refractivity (Wildman–Crippen MR) is 124 cm³/mol. The topological polar surface area (TPSA) is 39.5 Å². The molecule has 1 aromatic heterocycles. The molecule has 0 radical (unpaired) electrons. The number of aromatic nitrogens is 2. The standard InChI is InChI=1S/C24H31N3O2.ClH/c1-18(2)20-9-8-19(3)16-23(20)29-15-12-27-22-7-5-4-6-21(22)25-24(27)17-26-10-13-28-14-11-26;/h4-9,16,18H,10-15,17H2,1-3H3;1H. The van der Waals surface area contributed by atoms with E-state index in [4.69, 9.17) is 14.5 Å². The molecule has 4 rings (SSSR count). The maximum absolute atomic E-state index is 6.26. The van der Waals surface area contributed by atoms with E-state index in [1.807, 2.05) is 0 Å². The molecule has 0 saturated carbocycles. The zero-order valence-corrected chi connectivity index (χ0v) is 19.0. The lowest BCUT2D eigenvalue weighted by molar-refractivity contribution is 0.0326. The van der Waals surface area contributed by atoms with Gasteiger partial charge in [-0.25, -0.2) is 4.98 Å². The summed E-state index contributed by atoms with van der Waals surface area (Å²) in [5, 5.41) is 0. The normalized spacial score (nSPS) is 14.8. The van der Waals surface area contributed by atoms with Crippen molar-refractivity contribution in [2.45, 2.75) is 39.8 Å². The van der Waals surface area contributed by atoms with Gasteiger partial charge in [0.15, 0.2) is 0 Å². The molecule has 1 fully saturated rings. The number of morpholine rings is 1. The lowest BCUT2D eigenvalue weighted by atomic mass is 10.0. The second-order valence-corrected chi connectivity index (χ2v) is 8.10. The molecule has 0 unspecified atom stereocenters. The van der Waals surface area contributed by atoms with Crippen LogP contribution in [0.4, 0.5) is 0 Å². The first kappa shape index (κ1) is 22.6. The van der Waals surface area contributed by atoms with Crippen molar-refractivity contribution in [1.82, 2.24) is 14.5 Å². The molecule has 6 heteroatoms. The first-order chi connectivity index (χ1) is 14.1. The van der Waals surface area contributed by atoms with Crippen molar-refractivity contribution in [3.8, 4) is 5.75 Å². The number of aryl methyl sites for hydroxylation is 1. The fraction of sp³-hybridized carbons (Fsp3) is 0.458. The molecule has 2 aromatic carbocycles. The molecule has 30 heavy (non-hydrogen) atoms. The third-order valence-corrected chi connectivity index (χ3v) is 5.57. The summed E-state index contributed by atoms with van der Waals surface area (Å²) in [6.07, 6.45) is 0. The van der Waals surface area contributed by atoms with Gasteiger partial charge in [-0.1, -0.05) is 38.1 Å². The van der Waals surface area contributed by atoms with Crippen LogP contribution in [-0.4, -0.2) is 47.4 Å². The molecule has 162 valence electrons. The van der Waals surface area contributed by atoms with Crippen molar-refractivity contribution in [3.63, 3.8) is 0 Å². The average molecular weight is 430 g/mol. The first-order valence-electron chi connectivity index (χ1n) is 10.6. The Morgan fingerprint density at radius 2 is 1.87 bits per heavy atom. The Bertz CT molecular complexity index is 964. The molecule has 0 spiro atoms. The summed E-state index contributed by atoms with van der Waals surface area (Å²) in [5.41, 5.74) is 4.71. The van der Waals surface area contributed by atoms with Gasteiger partial charge < -0.3 is 14.0 Å². The molecule has 0 aliphatic carbocycles. The van der Waals surface area contributed by atoms with Gasteiger partial charge in [-0.2, -0.15) is 0 Å². The number of para-hydroxylation sites is 2. The minimum absolute atomic E-state index is 0. The molecule has 0 amide bonds. The van der Waals surface area contributed by atoms with Crippen molar-refractivity contribution in [3.05, 3.63) is 59.4 Å². The summed E-state index contributed by atoms with van der Waals surface area (Å²) >= 11 is 0. The molecular formula is C24H32ClN3O2. The van der Waals surface area contributed by atoms with Gasteiger partial charge in [0.2, 0.25) is 0 Å². The van der Waals surface area contributed by atoms with Gasteiger partial charge in [0.05, 0.1) is 37.3 Å². The Labute approximate surface area is 185 Å². The Balaban J connectivity index is 0.00000256. The maximum Gasteiger partial charge on any atom is 0.124 e. The number of imidazole rings is 1. The van der Waals surface area contributed by atoms with E-state index in [1.165, 1.54) is 16.6 Å². The van der Waals surface area contributed by atoms with Crippen molar-refractivity contribution < 1.29 is 9.47 Å². The smallest absolute Gasteiger partial charge is 0.124 e. The van der Waals surface area contributed by atoms with Crippen LogP contribution in [0.2, 0.25) is 0 Å². The lowest BCUT2D eigenvalue weighted by Gasteiger charge is -2.26. The average Bonchev–Trinajstić information content (AvgIpc) is 3.06. The highest BCUT2D eigenvalue weighted by Gasteiger charge is 2.17. The summed E-state index contributed by atoms with van der Waals surface area (Å²) in [6, 6.07) is 14.9. The number of nitrogens with zero attached hydrogens (tertiary/aromatic N) is 3. The van der Waals surface area contributed by atoms with Crippen molar-refractivity contribution in [2.24, 2.45) is 0 Å². The summed E-state index contributed by atoms with van der Waals surface area (Å²) in [7, 11) is 0. The van der Waals surface area contributed by atoms with Gasteiger partial charge in [0.25, 0.3) is 0 Å². The van der Waals surface area contributed by atoms with Gasteiger partial charge in [-0.15, -0.1) is 12.4 Å². The van der Waals surface area contributed by atoms with E-state index in [-0.39, 0.29) is 12.4 Å². The Kier molecular flexibility index (Phi) is 7.75. The van der Waals surface area contributed by atoms with Gasteiger partial charge in [0.1, 0.15) is 18.2 Å². The largest absolute Gasteiger partial charge is 0.491 e. The Morgan fingerprint density at radius 1 is 1.10 bits per heavy atom. The van der Waals surface area contributed by atoms with Gasteiger partial charge >= 0.3 is 0 Å². The number of halogens is 1. The van der Waals surface area contributed by atoms with Crippen LogP contribution in [0.25, 0.3) is 11.0 Å². The van der Waals surface area contributed by atoms with E-state index in [9.17, 15) is 0 Å². The van der Waals surface area contributed by atoms with E-state index >= 15 is 0 Å². The highest BCUT2D eigenvalue weighted by molar-refractivity contribution is 5.85. The summed E-state index contributed by atoms with van der Waals surface area (Å²) < 4.78 is 14.1. The van der Waals surface area contributed by atoms with Crippen LogP contribution in [-0.2, 0) is 17.8 Å². The highest BCUT2D eigenvalue weighted by atomic mass is 35.5. The van der Waals surface area contributed by atoms with E-state index in [2.05, 4.69) is 72.7 Å². The van der Waals surface area contributed by atoms with Crippen LogP contribution in [0.15, 0.2) is 42.5 Å². The first-order valence-corrected chi connectivity index (χ1v) is 10.6. The third kappa shape index (κ3) is 5.15. The summed E-state index contributed by atoms with van der Waals surface area (Å²) in [5.74, 6) is 2.54. The molecule has 1 aliphatic heterocycles. The van der Waals surface area contributed by atoms with Crippen LogP contribution >= 0.6 is 12.4 Å². The minimum Gasteiger partial charge on any atom is -0.491 e. The lowest BCUT2D eigenvalue weighted by Crippen LogP contribution is -2.36. The monoisotopic (exact) mass is 429 g/mol. The quantitative estimate of drug-likeness (QED) is 0.540. The molecule has 3 aromatic rings. The fourth-order valence-corrected chi connectivity index (χ4v) is 3.95. The van der Waals surface area contributed by atoms with E-state index < -0.39 is 0 Å². The number of benzene rings is 2. The second-order valence-electron chi connectivity index (χ2n) is 8.10. The summed E-state index contributed by atoms with van der Waals surface area (Å²) in [6.45, 7) is 12.3. The van der Waals surface area contributed by atoms with Crippen LogP contribution in [0.1, 0.15) is 36.7 Å². The highest BCUT2D eigenvalue weighted by Crippen LogP contribution is 2.27. The maximum atomic E-state index is 6.26. The second kappa shape index (κ2) is 10.3. The zero-order chi connectivity index (χ0) is 20.2. The number of rotatable bonds is 7. The van der Waals surface area contributed by atoms with Crippen LogP contribution in [0.3, 0.4) is 0 Å². The number of hydrogen-bond donors (Lipinski definition) is 0. The van der Waals surface area contributed by atoms with Gasteiger partial charge in [-0.3, -0.25) is 4.90 Å². The van der Waals surface area contributed by atoms with Gasteiger partial charge in [0, 0.05) is 13.1 Å². The fourth-order valence-electron chi connectivity index (χ4n) is 3.95. The number of fused-ring (bicyclic) bond motifs is 1. The van der Waals surface area contributed by atoms with Crippen LogP contribution < -0.4 is 4.74 Å². The minimum atomic E-state index is 0. The molecule has 0 N–H and O–H groups in total. The van der Waals surface area contributed by atoms with E-state index in [0.717, 1.165) is 56.5 Å². The third-order valence-electron chi connectivity index (χ3n) is 5.57. The van der Waals surface area contributed by atoms with E-state index in [0.29, 0.717) is 12.5 Å². The molecule has 1 saturated heterocycles.